The quantitative estimate of drug-likeness (QED) is 0.619. The van der Waals surface area contributed by atoms with E-state index < -0.39 is 17.6 Å². The van der Waals surface area contributed by atoms with Crippen LogP contribution < -0.4 is 5.32 Å². The van der Waals surface area contributed by atoms with Crippen molar-refractivity contribution in [3.8, 4) is 5.69 Å². The minimum atomic E-state index is -4.51. The van der Waals surface area contributed by atoms with Crippen molar-refractivity contribution in [2.75, 3.05) is 11.9 Å². The van der Waals surface area contributed by atoms with E-state index in [0.717, 1.165) is 30.0 Å². The third-order valence-electron chi connectivity index (χ3n) is 5.87. The molecule has 2 fully saturated rings. The fourth-order valence-corrected chi connectivity index (χ4v) is 4.51. The van der Waals surface area contributed by atoms with Crippen molar-refractivity contribution >= 4 is 11.9 Å². The summed E-state index contributed by atoms with van der Waals surface area (Å²) in [5, 5.41) is 10.9. The van der Waals surface area contributed by atoms with Gasteiger partial charge in [-0.3, -0.25) is 4.79 Å². The number of halogens is 4. The highest BCUT2D eigenvalue weighted by Gasteiger charge is 2.47. The molecule has 32 heavy (non-hydrogen) atoms. The van der Waals surface area contributed by atoms with Gasteiger partial charge in [-0.1, -0.05) is 6.07 Å². The summed E-state index contributed by atoms with van der Waals surface area (Å²) in [5.74, 6) is -0.695. The van der Waals surface area contributed by atoms with Crippen LogP contribution >= 0.6 is 0 Å². The van der Waals surface area contributed by atoms with Crippen molar-refractivity contribution in [2.45, 2.75) is 31.1 Å². The highest BCUT2D eigenvalue weighted by atomic mass is 19.4. The van der Waals surface area contributed by atoms with E-state index in [4.69, 9.17) is 0 Å². The average molecular weight is 447 g/mol. The van der Waals surface area contributed by atoms with Crippen LogP contribution in [0.4, 0.5) is 23.5 Å². The van der Waals surface area contributed by atoms with Gasteiger partial charge in [0.2, 0.25) is 5.95 Å². The van der Waals surface area contributed by atoms with E-state index in [0.29, 0.717) is 6.54 Å². The molecule has 8 nitrogen and oxygen atoms in total. The van der Waals surface area contributed by atoms with Crippen LogP contribution in [-0.2, 0) is 6.18 Å². The maximum atomic E-state index is 14.5. The predicted octanol–water partition coefficient (Wildman–Crippen LogP) is 2.93. The molecule has 1 saturated heterocycles. The van der Waals surface area contributed by atoms with Crippen molar-refractivity contribution in [3.05, 3.63) is 59.9 Å². The molecule has 5 rings (SSSR count). The molecule has 3 heterocycles. The number of anilines is 1. The fraction of sp³-hybridized carbons (Fsp3) is 0.350. The monoisotopic (exact) mass is 447 g/mol. The molecule has 1 N–H and O–H groups in total. The first kappa shape index (κ1) is 20.3. The third-order valence-corrected chi connectivity index (χ3v) is 5.87. The number of carbonyl (C=O) groups excluding carboxylic acids is 1. The lowest BCUT2D eigenvalue weighted by molar-refractivity contribution is -0.138. The Morgan fingerprint density at radius 3 is 2.47 bits per heavy atom. The van der Waals surface area contributed by atoms with E-state index in [1.165, 1.54) is 30.6 Å². The lowest BCUT2D eigenvalue weighted by atomic mass is 10.0. The Labute approximate surface area is 179 Å². The van der Waals surface area contributed by atoms with Crippen LogP contribution in [-0.4, -0.2) is 54.4 Å². The second-order valence-corrected chi connectivity index (χ2v) is 7.86. The van der Waals surface area contributed by atoms with Crippen LogP contribution in [0.5, 0.6) is 0 Å². The number of carbonyl (C=O) groups is 1. The number of benzene rings is 1. The summed E-state index contributed by atoms with van der Waals surface area (Å²) in [7, 11) is 0. The molecule has 1 saturated carbocycles. The lowest BCUT2D eigenvalue weighted by Gasteiger charge is -2.34. The van der Waals surface area contributed by atoms with Gasteiger partial charge in [-0.05, 0) is 30.9 Å². The standard InChI is InChI=1S/C20H17F4N7O/c21-14-3-1-2-13(17(14)31-27-4-5-28-31)18(32)30-10-11-6-15(16(30)7-11)29-19-25-8-12(9-26-19)20(22,23)24/h1-5,8-9,11,15-16H,6-7,10H2,(H,25,26,29)/t11-,15?,16?/m0/s1. The third kappa shape index (κ3) is 3.55. The van der Waals surface area contributed by atoms with Crippen molar-refractivity contribution < 1.29 is 22.4 Å². The number of fused-ring (bicyclic) bond motifs is 2. The van der Waals surface area contributed by atoms with Gasteiger partial charge in [-0.2, -0.15) is 23.4 Å². The fourth-order valence-electron chi connectivity index (χ4n) is 4.51. The van der Waals surface area contributed by atoms with Gasteiger partial charge in [0.25, 0.3) is 5.91 Å². The van der Waals surface area contributed by atoms with Gasteiger partial charge in [0.1, 0.15) is 5.69 Å². The first-order chi connectivity index (χ1) is 15.3. The molecule has 1 aliphatic heterocycles. The molecule has 2 aliphatic rings. The number of hydrogen-bond donors (Lipinski definition) is 1. The molecule has 12 heteroatoms. The van der Waals surface area contributed by atoms with Crippen LogP contribution in [0.3, 0.4) is 0 Å². The molecule has 3 aromatic rings. The largest absolute Gasteiger partial charge is 0.419 e. The molecule has 1 aliphatic carbocycles. The summed E-state index contributed by atoms with van der Waals surface area (Å²) >= 11 is 0. The van der Waals surface area contributed by atoms with E-state index >= 15 is 0 Å². The SMILES string of the molecule is O=C(c1cccc(F)c1-n1nccn1)N1C[C@H]2CC(Nc3ncc(C(F)(F)F)cn3)C1C2. The topological polar surface area (TPSA) is 88.8 Å². The first-order valence-corrected chi connectivity index (χ1v) is 9.93. The van der Waals surface area contributed by atoms with E-state index in [-0.39, 0.29) is 41.1 Å². The zero-order valence-electron chi connectivity index (χ0n) is 16.5. The Balaban J connectivity index is 1.37. The van der Waals surface area contributed by atoms with Gasteiger partial charge in [0.15, 0.2) is 5.82 Å². The first-order valence-electron chi connectivity index (χ1n) is 9.93. The maximum Gasteiger partial charge on any atom is 0.419 e. The molecule has 1 amide bonds. The molecular formula is C20H17F4N7O. The molecule has 2 aromatic heterocycles. The van der Waals surface area contributed by atoms with Gasteiger partial charge in [-0.15, -0.1) is 4.80 Å². The second kappa shape index (κ2) is 7.53. The summed E-state index contributed by atoms with van der Waals surface area (Å²) < 4.78 is 52.7. The average Bonchev–Trinajstić information content (AvgIpc) is 3.50. The number of amides is 1. The number of nitrogens with one attached hydrogen (secondary N) is 1. The zero-order chi connectivity index (χ0) is 22.5. The van der Waals surface area contributed by atoms with Gasteiger partial charge in [0, 0.05) is 25.0 Å². The predicted molar refractivity (Wildman–Crippen MR) is 103 cm³/mol. The van der Waals surface area contributed by atoms with Crippen LogP contribution in [0, 0.1) is 11.7 Å². The Kier molecular flexibility index (Phi) is 4.79. The molecule has 166 valence electrons. The van der Waals surface area contributed by atoms with Gasteiger partial charge >= 0.3 is 6.18 Å². The minimum Gasteiger partial charge on any atom is -0.349 e. The number of hydrogen-bond acceptors (Lipinski definition) is 6. The van der Waals surface area contributed by atoms with Gasteiger partial charge in [-0.25, -0.2) is 14.4 Å². The van der Waals surface area contributed by atoms with Crippen molar-refractivity contribution in [3.63, 3.8) is 0 Å². The molecule has 0 spiro atoms. The number of para-hydroxylation sites is 1. The minimum absolute atomic E-state index is 0.0270. The van der Waals surface area contributed by atoms with Crippen molar-refractivity contribution in [2.24, 2.45) is 5.92 Å². The summed E-state index contributed by atoms with van der Waals surface area (Å²) in [6, 6.07) is 3.76. The van der Waals surface area contributed by atoms with Gasteiger partial charge < -0.3 is 10.2 Å². The van der Waals surface area contributed by atoms with Crippen LogP contribution in [0.2, 0.25) is 0 Å². The van der Waals surface area contributed by atoms with E-state index in [1.807, 2.05) is 0 Å². The second-order valence-electron chi connectivity index (χ2n) is 7.86. The number of piperidine rings is 1. The Morgan fingerprint density at radius 2 is 1.81 bits per heavy atom. The number of alkyl halides is 3. The van der Waals surface area contributed by atoms with Crippen molar-refractivity contribution in [1.29, 1.82) is 0 Å². The number of likely N-dealkylation sites (tertiary alicyclic amines) is 1. The molecular weight excluding hydrogens is 430 g/mol. The Hall–Kier alpha value is -3.57. The van der Waals surface area contributed by atoms with Crippen LogP contribution in [0.25, 0.3) is 5.69 Å². The lowest BCUT2D eigenvalue weighted by Crippen LogP contribution is -2.48. The van der Waals surface area contributed by atoms with Crippen LogP contribution in [0.15, 0.2) is 43.0 Å². The van der Waals surface area contributed by atoms with Crippen molar-refractivity contribution in [1.82, 2.24) is 29.9 Å². The van der Waals surface area contributed by atoms with E-state index in [9.17, 15) is 22.4 Å². The van der Waals surface area contributed by atoms with E-state index in [2.05, 4.69) is 25.5 Å². The number of nitrogens with zero attached hydrogens (tertiary/aromatic N) is 6. The van der Waals surface area contributed by atoms with Crippen LogP contribution in [0.1, 0.15) is 28.8 Å². The summed E-state index contributed by atoms with van der Waals surface area (Å²) in [6.07, 6.45) is 1.18. The highest BCUT2D eigenvalue weighted by Crippen LogP contribution is 2.40. The Morgan fingerprint density at radius 1 is 1.09 bits per heavy atom. The number of aromatic nitrogens is 5. The molecule has 2 bridgehead atoms. The number of rotatable bonds is 4. The maximum absolute atomic E-state index is 14.5. The molecule has 0 radical (unpaired) electrons. The molecule has 2 unspecified atom stereocenters. The zero-order valence-corrected chi connectivity index (χ0v) is 16.5. The molecule has 1 aromatic carbocycles. The summed E-state index contributed by atoms with van der Waals surface area (Å²) in [4.78, 5) is 23.6. The summed E-state index contributed by atoms with van der Waals surface area (Å²) in [6.45, 7) is 0.512. The summed E-state index contributed by atoms with van der Waals surface area (Å²) in [5.41, 5.74) is -0.821. The van der Waals surface area contributed by atoms with Gasteiger partial charge in [0.05, 0.1) is 29.6 Å². The molecule has 3 atom stereocenters. The van der Waals surface area contributed by atoms with E-state index in [1.54, 1.807) is 4.90 Å². The highest BCUT2D eigenvalue weighted by molar-refractivity contribution is 5.98. The smallest absolute Gasteiger partial charge is 0.349 e. The normalized spacial score (nSPS) is 22.4. The Bertz CT molecular complexity index is 1130.